The standard InChI is InChI=1S/C13H16N4O2/c1-10-3-4-15-12(7-10)17-9-11(8-14)13(18)16-5-6-19-2/h3-4,7,9H,5-6H2,1-2H3,(H,15,17)(H,16,18)/b11-9-. The van der Waals surface area contributed by atoms with Crippen molar-refractivity contribution in [2.45, 2.75) is 6.92 Å². The van der Waals surface area contributed by atoms with Gasteiger partial charge in [-0.05, 0) is 24.6 Å². The highest BCUT2D eigenvalue weighted by Crippen LogP contribution is 2.06. The molecular formula is C13H16N4O2. The summed E-state index contributed by atoms with van der Waals surface area (Å²) in [6.07, 6.45) is 2.99. The summed E-state index contributed by atoms with van der Waals surface area (Å²) in [5.74, 6) is 0.136. The van der Waals surface area contributed by atoms with Crippen LogP contribution >= 0.6 is 0 Å². The van der Waals surface area contributed by atoms with E-state index in [4.69, 9.17) is 10.00 Å². The van der Waals surface area contributed by atoms with E-state index in [9.17, 15) is 4.79 Å². The van der Waals surface area contributed by atoms with Gasteiger partial charge in [-0.3, -0.25) is 4.79 Å². The van der Waals surface area contributed by atoms with Gasteiger partial charge in [0.1, 0.15) is 17.5 Å². The quantitative estimate of drug-likeness (QED) is 0.452. The van der Waals surface area contributed by atoms with E-state index >= 15 is 0 Å². The first-order valence-corrected chi connectivity index (χ1v) is 5.74. The molecule has 0 aliphatic heterocycles. The van der Waals surface area contributed by atoms with Crippen molar-refractivity contribution in [3.8, 4) is 6.07 Å². The zero-order valence-electron chi connectivity index (χ0n) is 10.9. The summed E-state index contributed by atoms with van der Waals surface area (Å²) in [7, 11) is 1.54. The van der Waals surface area contributed by atoms with Gasteiger partial charge < -0.3 is 15.4 Å². The van der Waals surface area contributed by atoms with Crippen LogP contribution in [0.25, 0.3) is 0 Å². The Bertz CT molecular complexity index is 506. The maximum atomic E-state index is 11.6. The van der Waals surface area contributed by atoms with E-state index in [0.29, 0.717) is 19.0 Å². The van der Waals surface area contributed by atoms with Gasteiger partial charge in [-0.15, -0.1) is 0 Å². The van der Waals surface area contributed by atoms with Crippen molar-refractivity contribution in [1.29, 1.82) is 5.26 Å². The Balaban J connectivity index is 2.62. The summed E-state index contributed by atoms with van der Waals surface area (Å²) in [5, 5.41) is 14.3. The lowest BCUT2D eigenvalue weighted by molar-refractivity contribution is -0.117. The van der Waals surface area contributed by atoms with E-state index in [-0.39, 0.29) is 5.57 Å². The maximum absolute atomic E-state index is 11.6. The van der Waals surface area contributed by atoms with Crippen LogP contribution in [0, 0.1) is 18.3 Å². The number of rotatable bonds is 6. The number of nitriles is 1. The van der Waals surface area contributed by atoms with Gasteiger partial charge in [0.15, 0.2) is 0 Å². The normalized spacial score (nSPS) is 10.7. The van der Waals surface area contributed by atoms with Gasteiger partial charge in [0.2, 0.25) is 0 Å². The Hall–Kier alpha value is -2.39. The molecule has 0 spiro atoms. The molecule has 6 nitrogen and oxygen atoms in total. The van der Waals surface area contributed by atoms with Gasteiger partial charge in [0.25, 0.3) is 5.91 Å². The molecule has 0 aromatic carbocycles. The third-order valence-electron chi connectivity index (χ3n) is 2.24. The van der Waals surface area contributed by atoms with Crippen molar-refractivity contribution >= 4 is 11.7 Å². The summed E-state index contributed by atoms with van der Waals surface area (Å²) in [5.41, 5.74) is 1.02. The van der Waals surface area contributed by atoms with E-state index in [1.165, 1.54) is 13.3 Å². The smallest absolute Gasteiger partial charge is 0.263 e. The molecule has 19 heavy (non-hydrogen) atoms. The van der Waals surface area contributed by atoms with Crippen molar-refractivity contribution < 1.29 is 9.53 Å². The predicted octanol–water partition coefficient (Wildman–Crippen LogP) is 0.972. The summed E-state index contributed by atoms with van der Waals surface area (Å²) < 4.78 is 4.81. The molecule has 0 unspecified atom stereocenters. The van der Waals surface area contributed by atoms with Crippen molar-refractivity contribution in [2.75, 3.05) is 25.6 Å². The highest BCUT2D eigenvalue weighted by Gasteiger charge is 2.07. The first kappa shape index (κ1) is 14.7. The summed E-state index contributed by atoms with van der Waals surface area (Å²) in [6, 6.07) is 5.50. The largest absolute Gasteiger partial charge is 0.383 e. The number of nitrogens with one attached hydrogen (secondary N) is 2. The number of carbonyl (C=O) groups excluding carboxylic acids is 1. The lowest BCUT2D eigenvalue weighted by Gasteiger charge is -2.04. The van der Waals surface area contributed by atoms with Crippen molar-refractivity contribution in [2.24, 2.45) is 0 Å². The number of ether oxygens (including phenoxy) is 1. The van der Waals surface area contributed by atoms with E-state index in [1.54, 1.807) is 6.20 Å². The van der Waals surface area contributed by atoms with E-state index in [2.05, 4.69) is 15.6 Å². The molecule has 0 radical (unpaired) electrons. The molecule has 100 valence electrons. The predicted molar refractivity (Wildman–Crippen MR) is 71.2 cm³/mol. The number of anilines is 1. The van der Waals surface area contributed by atoms with Crippen LogP contribution in [-0.4, -0.2) is 31.2 Å². The molecule has 6 heteroatoms. The molecule has 0 aliphatic carbocycles. The Morgan fingerprint density at radius 3 is 3.05 bits per heavy atom. The number of hydrogen-bond donors (Lipinski definition) is 2. The van der Waals surface area contributed by atoms with Gasteiger partial charge >= 0.3 is 0 Å². The Kier molecular flexibility index (Phi) is 6.06. The van der Waals surface area contributed by atoms with Crippen LogP contribution in [0.3, 0.4) is 0 Å². The minimum absolute atomic E-state index is 0.0144. The first-order chi connectivity index (χ1) is 9.17. The monoisotopic (exact) mass is 260 g/mol. The molecule has 1 heterocycles. The topological polar surface area (TPSA) is 87.0 Å². The minimum atomic E-state index is -0.445. The number of carbonyl (C=O) groups is 1. The summed E-state index contributed by atoms with van der Waals surface area (Å²) in [4.78, 5) is 15.7. The van der Waals surface area contributed by atoms with Crippen molar-refractivity contribution in [3.63, 3.8) is 0 Å². The van der Waals surface area contributed by atoms with Gasteiger partial charge in [-0.25, -0.2) is 4.98 Å². The second-order valence-corrected chi connectivity index (χ2v) is 3.78. The molecule has 0 fully saturated rings. The van der Waals surface area contributed by atoms with Crippen LogP contribution in [0.2, 0.25) is 0 Å². The van der Waals surface area contributed by atoms with Crippen LogP contribution < -0.4 is 10.6 Å². The van der Waals surface area contributed by atoms with E-state index in [0.717, 1.165) is 5.56 Å². The molecule has 1 rings (SSSR count). The summed E-state index contributed by atoms with van der Waals surface area (Å²) in [6.45, 7) is 2.69. The number of amides is 1. The molecule has 0 saturated carbocycles. The third-order valence-corrected chi connectivity index (χ3v) is 2.24. The number of nitrogens with zero attached hydrogens (tertiary/aromatic N) is 2. The van der Waals surface area contributed by atoms with E-state index < -0.39 is 5.91 Å². The number of methoxy groups -OCH3 is 1. The SMILES string of the molecule is COCCNC(=O)/C(C#N)=C\Nc1cc(C)ccn1. The van der Waals surface area contributed by atoms with Crippen LogP contribution in [-0.2, 0) is 9.53 Å². The van der Waals surface area contributed by atoms with Crippen LogP contribution in [0.4, 0.5) is 5.82 Å². The Morgan fingerprint density at radius 1 is 1.63 bits per heavy atom. The summed E-state index contributed by atoms with van der Waals surface area (Å²) >= 11 is 0. The lowest BCUT2D eigenvalue weighted by atomic mass is 10.3. The number of aryl methyl sites for hydroxylation is 1. The number of aromatic nitrogens is 1. The fraction of sp³-hybridized carbons (Fsp3) is 0.308. The highest BCUT2D eigenvalue weighted by molar-refractivity contribution is 5.97. The molecule has 1 amide bonds. The third kappa shape index (κ3) is 5.19. The zero-order valence-corrected chi connectivity index (χ0v) is 10.9. The molecule has 0 saturated heterocycles. The molecule has 1 aromatic rings. The Morgan fingerprint density at radius 2 is 2.42 bits per heavy atom. The highest BCUT2D eigenvalue weighted by atomic mass is 16.5. The van der Waals surface area contributed by atoms with Gasteiger partial charge in [-0.2, -0.15) is 5.26 Å². The molecule has 2 N–H and O–H groups in total. The fourth-order valence-electron chi connectivity index (χ4n) is 1.27. The molecule has 0 atom stereocenters. The average Bonchev–Trinajstić information content (AvgIpc) is 2.40. The van der Waals surface area contributed by atoms with Gasteiger partial charge in [0.05, 0.1) is 6.61 Å². The van der Waals surface area contributed by atoms with Crippen LogP contribution in [0.5, 0.6) is 0 Å². The van der Waals surface area contributed by atoms with Crippen LogP contribution in [0.1, 0.15) is 5.56 Å². The number of hydrogen-bond acceptors (Lipinski definition) is 5. The Labute approximate surface area is 112 Å². The second kappa shape index (κ2) is 7.84. The van der Waals surface area contributed by atoms with Gasteiger partial charge in [0, 0.05) is 26.1 Å². The molecular weight excluding hydrogens is 244 g/mol. The van der Waals surface area contributed by atoms with Gasteiger partial charge in [-0.1, -0.05) is 0 Å². The molecule has 1 aromatic heterocycles. The average molecular weight is 260 g/mol. The van der Waals surface area contributed by atoms with Crippen LogP contribution in [0.15, 0.2) is 30.1 Å². The lowest BCUT2D eigenvalue weighted by Crippen LogP contribution is -2.28. The van der Waals surface area contributed by atoms with Crippen molar-refractivity contribution in [3.05, 3.63) is 35.7 Å². The zero-order chi connectivity index (χ0) is 14.1. The first-order valence-electron chi connectivity index (χ1n) is 5.74. The molecule has 0 aliphatic rings. The number of pyridine rings is 1. The fourth-order valence-corrected chi connectivity index (χ4v) is 1.27. The second-order valence-electron chi connectivity index (χ2n) is 3.78. The minimum Gasteiger partial charge on any atom is -0.383 e. The maximum Gasteiger partial charge on any atom is 0.263 e. The molecule has 0 bridgehead atoms. The van der Waals surface area contributed by atoms with Crippen molar-refractivity contribution in [1.82, 2.24) is 10.3 Å². The van der Waals surface area contributed by atoms with E-state index in [1.807, 2.05) is 25.1 Å².